The van der Waals surface area contributed by atoms with E-state index in [1.165, 1.54) is 106 Å². The second-order valence-electron chi connectivity index (χ2n) is 28.8. The minimum absolute atomic E-state index is 0.0160. The normalized spacial score (nSPS) is 12.7. The first kappa shape index (κ1) is 55.7. The van der Waals surface area contributed by atoms with Gasteiger partial charge in [-0.3, -0.25) is 0 Å². The van der Waals surface area contributed by atoms with E-state index in [1.54, 1.807) is 0 Å². The first-order chi connectivity index (χ1) is 37.5. The summed E-state index contributed by atoms with van der Waals surface area (Å²) in [7, 11) is 0. The summed E-state index contributed by atoms with van der Waals surface area (Å²) in [4.78, 5) is 0. The van der Waals surface area contributed by atoms with Crippen molar-refractivity contribution in [1.82, 2.24) is 0 Å². The van der Waals surface area contributed by atoms with E-state index < -0.39 is 0 Å². The second kappa shape index (κ2) is 20.2. The van der Waals surface area contributed by atoms with Gasteiger partial charge in [-0.1, -0.05) is 282 Å². The van der Waals surface area contributed by atoms with Crippen LogP contribution in [0.5, 0.6) is 0 Å². The van der Waals surface area contributed by atoms with Crippen LogP contribution in [0.4, 0.5) is 0 Å². The molecule has 0 atom stereocenters. The van der Waals surface area contributed by atoms with Gasteiger partial charge < -0.3 is 0 Å². The second-order valence-corrected chi connectivity index (χ2v) is 28.8. The van der Waals surface area contributed by atoms with Crippen molar-refractivity contribution in [2.75, 3.05) is 0 Å². The number of rotatable bonds is 4. The molecular formula is C80H82. The Hall–Kier alpha value is -7.64. The summed E-state index contributed by atoms with van der Waals surface area (Å²) >= 11 is 0. The van der Waals surface area contributed by atoms with Crippen molar-refractivity contribution in [3.63, 3.8) is 0 Å². The molecule has 0 saturated heterocycles. The van der Waals surface area contributed by atoms with Crippen molar-refractivity contribution in [1.29, 1.82) is 0 Å². The van der Waals surface area contributed by atoms with E-state index in [2.05, 4.69) is 318 Å². The van der Waals surface area contributed by atoms with Crippen LogP contribution in [-0.4, -0.2) is 0 Å². The van der Waals surface area contributed by atoms with Gasteiger partial charge in [-0.15, -0.1) is 0 Å². The standard InChI is InChI=1S/C80H82/c1-75(2,3)59-37-21-51(22-38-59)19-25-53-35-49-65-72-66(50-36-54(67(53)72)26-20-52-23-39-60(40-24-52)76(4,5)6)74-71(58-33-47-64(48-34-58)80(16,17)18)69(56-29-43-62(44-30-56)78(10,11)12)68(55-27-41-61(42-28-55)77(7,8)9)70(73(65)74)57-31-45-63(46-32-57)79(13,14)15/h21-24,27-50H,1-18H3. The lowest BCUT2D eigenvalue weighted by Crippen LogP contribution is -2.11. The molecule has 0 amide bonds. The minimum Gasteiger partial charge on any atom is -0.0616 e. The fourth-order valence-corrected chi connectivity index (χ4v) is 11.5. The fourth-order valence-electron chi connectivity index (χ4n) is 11.5. The van der Waals surface area contributed by atoms with Crippen molar-refractivity contribution >= 4 is 10.8 Å². The van der Waals surface area contributed by atoms with Gasteiger partial charge in [0, 0.05) is 27.6 Å². The molecule has 0 heteroatoms. The van der Waals surface area contributed by atoms with Crippen LogP contribution >= 0.6 is 0 Å². The van der Waals surface area contributed by atoms with Crippen molar-refractivity contribution in [2.45, 2.75) is 157 Å². The highest BCUT2D eigenvalue weighted by molar-refractivity contribution is 6.27. The lowest BCUT2D eigenvalue weighted by Gasteiger charge is -2.28. The number of hydrogen-bond acceptors (Lipinski definition) is 0. The third kappa shape index (κ3) is 10.9. The molecule has 0 spiro atoms. The van der Waals surface area contributed by atoms with Gasteiger partial charge in [-0.05, 0) is 174 Å². The van der Waals surface area contributed by atoms with Gasteiger partial charge in [-0.2, -0.15) is 0 Å². The fraction of sp³-hybridized carbons (Fsp3) is 0.300. The number of fused-ring (bicyclic) bond motifs is 3. The highest BCUT2D eigenvalue weighted by Crippen LogP contribution is 2.61. The van der Waals surface area contributed by atoms with E-state index >= 15 is 0 Å². The van der Waals surface area contributed by atoms with Crippen molar-refractivity contribution in [3.05, 3.63) is 225 Å². The van der Waals surface area contributed by atoms with Crippen LogP contribution in [0.25, 0.3) is 77.5 Å². The zero-order chi connectivity index (χ0) is 57.5. The molecular weight excluding hydrogens is 961 g/mol. The summed E-state index contributed by atoms with van der Waals surface area (Å²) in [5.41, 5.74) is 26.3. The molecule has 9 aromatic rings. The topological polar surface area (TPSA) is 0 Å². The van der Waals surface area contributed by atoms with Crippen LogP contribution in [-0.2, 0) is 32.5 Å². The predicted octanol–water partition coefficient (Wildman–Crippen LogP) is 21.7. The Kier molecular flexibility index (Phi) is 14.0. The molecule has 0 nitrogen and oxygen atoms in total. The quantitative estimate of drug-likeness (QED) is 0.154. The Morgan fingerprint density at radius 2 is 0.412 bits per heavy atom. The summed E-state index contributed by atoms with van der Waals surface area (Å²) in [5, 5.41) is 2.28. The van der Waals surface area contributed by atoms with Gasteiger partial charge >= 0.3 is 0 Å². The van der Waals surface area contributed by atoms with E-state index in [1.807, 2.05) is 0 Å². The van der Waals surface area contributed by atoms with E-state index in [-0.39, 0.29) is 32.5 Å². The Bertz CT molecular complexity index is 3680. The summed E-state index contributed by atoms with van der Waals surface area (Å²) in [6.07, 6.45) is 0. The Balaban J connectivity index is 1.38. The molecule has 0 aliphatic heterocycles. The summed E-state index contributed by atoms with van der Waals surface area (Å²) in [6.45, 7) is 41.2. The van der Waals surface area contributed by atoms with Crippen molar-refractivity contribution < 1.29 is 0 Å². The Morgan fingerprint density at radius 1 is 0.200 bits per heavy atom. The first-order valence-electron chi connectivity index (χ1n) is 29.0. The van der Waals surface area contributed by atoms with Gasteiger partial charge in [-0.25, -0.2) is 0 Å². The van der Waals surface area contributed by atoms with E-state index in [9.17, 15) is 0 Å². The molecule has 0 bridgehead atoms. The van der Waals surface area contributed by atoms with E-state index in [4.69, 9.17) is 0 Å². The maximum absolute atomic E-state index is 3.76. The monoisotopic (exact) mass is 1040 g/mol. The zero-order valence-electron chi connectivity index (χ0n) is 51.2. The Morgan fingerprint density at radius 3 is 0.637 bits per heavy atom. The van der Waals surface area contributed by atoms with Crippen LogP contribution in [0, 0.1) is 23.7 Å². The van der Waals surface area contributed by atoms with Crippen molar-refractivity contribution in [3.8, 4) is 90.4 Å². The average Bonchev–Trinajstić information content (AvgIpc) is 4.00. The third-order valence-corrected chi connectivity index (χ3v) is 16.5. The van der Waals surface area contributed by atoms with Crippen LogP contribution in [0.3, 0.4) is 0 Å². The zero-order valence-corrected chi connectivity index (χ0v) is 51.2. The molecule has 10 rings (SSSR count). The molecule has 0 aromatic heterocycles. The highest BCUT2D eigenvalue weighted by atomic mass is 14.4. The van der Waals surface area contributed by atoms with Gasteiger partial charge in [0.25, 0.3) is 0 Å². The average molecular weight is 1040 g/mol. The lowest BCUT2D eigenvalue weighted by atomic mass is 9.75. The highest BCUT2D eigenvalue weighted by Gasteiger charge is 2.36. The minimum atomic E-state index is -0.0188. The molecule has 80 heavy (non-hydrogen) atoms. The van der Waals surface area contributed by atoms with E-state index in [0.29, 0.717) is 0 Å². The van der Waals surface area contributed by atoms with Gasteiger partial charge in [0.1, 0.15) is 0 Å². The molecule has 0 N–H and O–H groups in total. The number of hydrogen-bond donors (Lipinski definition) is 0. The number of benzene rings is 9. The van der Waals surface area contributed by atoms with Crippen LogP contribution in [0.1, 0.15) is 180 Å². The SMILES string of the molecule is CC(C)(C)c1ccc(C#Cc2ccc3c4c(ccc(C#Cc5ccc(C(C)(C)C)cc5)c24)-c2c(-c4ccc(C(C)(C)C)cc4)c(-c4ccc(C(C)(C)C)cc4)c(-c4ccc(C(C)(C)C)cc4)c(-c4ccc(C(C)(C)C)cc4)c2-3)cc1. The molecule has 402 valence electrons. The molecule has 9 aromatic carbocycles. The molecule has 0 unspecified atom stereocenters. The molecule has 0 radical (unpaired) electrons. The van der Waals surface area contributed by atoms with Crippen LogP contribution in [0.2, 0.25) is 0 Å². The van der Waals surface area contributed by atoms with Crippen molar-refractivity contribution in [2.24, 2.45) is 0 Å². The first-order valence-corrected chi connectivity index (χ1v) is 29.0. The summed E-state index contributed by atoms with van der Waals surface area (Å²) < 4.78 is 0. The van der Waals surface area contributed by atoms with Gasteiger partial charge in [0.15, 0.2) is 0 Å². The maximum Gasteiger partial charge on any atom is 0.0340 e. The Labute approximate surface area is 481 Å². The van der Waals surface area contributed by atoms with Crippen LogP contribution < -0.4 is 0 Å². The molecule has 0 saturated carbocycles. The third-order valence-electron chi connectivity index (χ3n) is 16.5. The summed E-state index contributed by atoms with van der Waals surface area (Å²) in [5.74, 6) is 14.8. The van der Waals surface area contributed by atoms with Crippen LogP contribution in [0.15, 0.2) is 170 Å². The summed E-state index contributed by atoms with van der Waals surface area (Å²) in [6, 6.07) is 64.9. The van der Waals surface area contributed by atoms with E-state index in [0.717, 1.165) is 27.6 Å². The molecule has 1 aliphatic rings. The predicted molar refractivity (Wildman–Crippen MR) is 347 cm³/mol. The van der Waals surface area contributed by atoms with Gasteiger partial charge in [0.05, 0.1) is 0 Å². The largest absolute Gasteiger partial charge is 0.0616 e. The molecule has 0 fully saturated rings. The van der Waals surface area contributed by atoms with Gasteiger partial charge in [0.2, 0.25) is 0 Å². The smallest absolute Gasteiger partial charge is 0.0340 e. The molecule has 1 aliphatic carbocycles. The maximum atomic E-state index is 3.76. The lowest BCUT2D eigenvalue weighted by molar-refractivity contribution is 0.590. The molecule has 0 heterocycles.